The van der Waals surface area contributed by atoms with Crippen LogP contribution in [0.3, 0.4) is 0 Å². The molecule has 0 heterocycles. The van der Waals surface area contributed by atoms with Crippen LogP contribution < -0.4 is 0 Å². The number of nitrogens with zero attached hydrogens (tertiary/aromatic N) is 5. The Labute approximate surface area is 254 Å². The Hall–Kier alpha value is -2.71. The quantitative estimate of drug-likeness (QED) is 0.0686. The van der Waals surface area contributed by atoms with E-state index in [2.05, 4.69) is 9.18 Å². The molecule has 0 N–H and O–H groups in total. The summed E-state index contributed by atoms with van der Waals surface area (Å²) < 4.78 is 89.0. The molecule has 0 amide bonds. The zero-order valence-corrected chi connectivity index (χ0v) is 25.2. The number of allylic oxidation sites excluding steroid dienone is 2. The highest BCUT2D eigenvalue weighted by atomic mass is 35.5. The van der Waals surface area contributed by atoms with Gasteiger partial charge in [-0.1, -0.05) is 37.0 Å². The van der Waals surface area contributed by atoms with Crippen LogP contribution in [-0.4, -0.2) is 50.7 Å². The van der Waals surface area contributed by atoms with Crippen molar-refractivity contribution in [1.29, 1.82) is 15.8 Å². The van der Waals surface area contributed by atoms with Crippen molar-refractivity contribution < 1.29 is 40.0 Å². The Bertz CT molecular complexity index is 1160. The molecule has 0 aliphatic rings. The first-order valence-electron chi connectivity index (χ1n) is 11.7. The van der Waals surface area contributed by atoms with Gasteiger partial charge < -0.3 is 14.4 Å². The minimum absolute atomic E-state index is 0.0182. The molecule has 0 unspecified atom stereocenters. The molecule has 0 radical (unpaired) electrons. The number of aliphatic imine (C=N–C) groups is 1. The van der Waals surface area contributed by atoms with Gasteiger partial charge in [-0.05, 0) is 30.5 Å². The van der Waals surface area contributed by atoms with Gasteiger partial charge in [0, 0.05) is 34.8 Å². The Balaban J connectivity index is 0.00000107. The van der Waals surface area contributed by atoms with Gasteiger partial charge in [0.2, 0.25) is 0 Å². The normalized spacial score (nSPS) is 12.5. The molecule has 0 atom stereocenters. The molecular formula is C25H27Cl2F6N5O3S. The van der Waals surface area contributed by atoms with E-state index in [0.717, 1.165) is 12.1 Å². The molecule has 42 heavy (non-hydrogen) atoms. The van der Waals surface area contributed by atoms with Crippen LogP contribution >= 0.6 is 35.2 Å². The fourth-order valence-corrected chi connectivity index (χ4v) is 4.17. The average Bonchev–Trinajstić information content (AvgIpc) is 2.89. The highest BCUT2D eigenvalue weighted by molar-refractivity contribution is 7.99. The number of rotatable bonds is 13. The van der Waals surface area contributed by atoms with Gasteiger partial charge in [0.1, 0.15) is 19.5 Å². The van der Waals surface area contributed by atoms with Gasteiger partial charge in [-0.15, -0.1) is 13.2 Å². The topological polar surface area (TPSA) is 115 Å². The summed E-state index contributed by atoms with van der Waals surface area (Å²) in [5.41, 5.74) is -0.332. The molecule has 0 aliphatic heterocycles. The largest absolute Gasteiger partial charge is 0.533 e. The minimum atomic E-state index is -4.93. The number of halogens is 8. The first kappa shape index (κ1) is 39.3. The van der Waals surface area contributed by atoms with Crippen molar-refractivity contribution in [1.82, 2.24) is 4.90 Å². The first-order chi connectivity index (χ1) is 19.5. The van der Waals surface area contributed by atoms with E-state index in [-0.39, 0.29) is 83.8 Å². The maximum absolute atomic E-state index is 12.6. The van der Waals surface area contributed by atoms with Crippen LogP contribution in [0.5, 0.6) is 0 Å². The van der Waals surface area contributed by atoms with Gasteiger partial charge in [0.25, 0.3) is 0 Å². The van der Waals surface area contributed by atoms with Gasteiger partial charge in [0.05, 0.1) is 48.7 Å². The zero-order chi connectivity index (χ0) is 32.5. The molecule has 1 aromatic rings. The minimum Gasteiger partial charge on any atom is -0.360 e. The van der Waals surface area contributed by atoms with Crippen LogP contribution in [0.4, 0.5) is 26.3 Å². The average molecular weight is 662 g/mol. The van der Waals surface area contributed by atoms with Crippen LogP contribution in [0, 0.1) is 46.8 Å². The fraction of sp³-hybridized carbons (Fsp3) is 0.520. The summed E-state index contributed by atoms with van der Waals surface area (Å²) in [7, 11) is 1.28. The van der Waals surface area contributed by atoms with Crippen molar-refractivity contribution in [2.45, 2.75) is 46.2 Å². The van der Waals surface area contributed by atoms with E-state index in [1.165, 1.54) is 11.9 Å². The number of hydrogen-bond donors (Lipinski definition) is 0. The summed E-state index contributed by atoms with van der Waals surface area (Å²) >= 11 is 11.1. The Morgan fingerprint density at radius 3 is 1.79 bits per heavy atom. The number of hydrogen-bond acceptors (Lipinski definition) is 9. The van der Waals surface area contributed by atoms with Crippen LogP contribution in [0.1, 0.15) is 37.8 Å². The van der Waals surface area contributed by atoms with Gasteiger partial charge in [0.15, 0.2) is 5.71 Å². The van der Waals surface area contributed by atoms with Crippen molar-refractivity contribution in [3.63, 3.8) is 0 Å². The van der Waals surface area contributed by atoms with E-state index in [1.807, 2.05) is 12.1 Å². The van der Waals surface area contributed by atoms with Crippen LogP contribution in [-0.2, 0) is 19.8 Å². The molecule has 0 bridgehead atoms. The van der Waals surface area contributed by atoms with Crippen molar-refractivity contribution in [2.24, 2.45) is 10.9 Å². The lowest BCUT2D eigenvalue weighted by Gasteiger charge is -2.31. The predicted molar refractivity (Wildman–Crippen MR) is 146 cm³/mol. The van der Waals surface area contributed by atoms with Gasteiger partial charge >= 0.3 is 12.5 Å². The van der Waals surface area contributed by atoms with Gasteiger partial charge in [-0.25, -0.2) is 4.18 Å². The van der Waals surface area contributed by atoms with Crippen LogP contribution in [0.2, 0.25) is 10.0 Å². The highest BCUT2D eigenvalue weighted by Crippen LogP contribution is 2.36. The summed E-state index contributed by atoms with van der Waals surface area (Å²) in [5, 5.41) is 26.6. The molecule has 0 spiro atoms. The second kappa shape index (κ2) is 19.5. The predicted octanol–water partition coefficient (Wildman–Crippen LogP) is 8.03. The van der Waals surface area contributed by atoms with Crippen molar-refractivity contribution in [2.75, 3.05) is 33.7 Å². The second-order valence-electron chi connectivity index (χ2n) is 8.16. The molecule has 1 rings (SSSR count). The summed E-state index contributed by atoms with van der Waals surface area (Å²) in [6, 6.07) is 7.32. The summed E-state index contributed by atoms with van der Waals surface area (Å²) in [5.74, 6) is -0.362. The maximum atomic E-state index is 12.6. The molecule has 0 fully saturated rings. The second-order valence-corrected chi connectivity index (χ2v) is 9.71. The summed E-state index contributed by atoms with van der Waals surface area (Å²) in [6.45, 7) is 4.97. The van der Waals surface area contributed by atoms with Gasteiger partial charge in [-0.3, -0.25) is 4.99 Å². The zero-order valence-electron chi connectivity index (χ0n) is 22.9. The molecule has 0 saturated carbocycles. The molecule has 17 heteroatoms. The highest BCUT2D eigenvalue weighted by Gasteiger charge is 2.34. The van der Waals surface area contributed by atoms with Gasteiger partial charge in [-0.2, -0.15) is 29.0 Å². The molecule has 0 saturated heterocycles. The lowest BCUT2D eigenvalue weighted by molar-refractivity contribution is -0.266. The SMILES string of the molecule is CN=C(C#N)/C(SOC(F)(F)F)=C(\C(C)C)N(COCCC#N)COCCC#N.Cc1c(Cl)cc(C(F)(F)F)cc1Cl. The molecule has 1 aromatic carbocycles. The van der Waals surface area contributed by atoms with E-state index in [4.69, 9.17) is 43.2 Å². The van der Waals surface area contributed by atoms with Crippen LogP contribution in [0.25, 0.3) is 0 Å². The summed E-state index contributed by atoms with van der Waals surface area (Å²) in [4.78, 5) is 5.09. The Morgan fingerprint density at radius 2 is 1.45 bits per heavy atom. The molecular weight excluding hydrogens is 635 g/mol. The van der Waals surface area contributed by atoms with Crippen molar-refractivity contribution in [3.05, 3.63) is 43.9 Å². The molecule has 8 nitrogen and oxygen atoms in total. The number of ether oxygens (including phenoxy) is 2. The third kappa shape index (κ3) is 15.0. The Kier molecular flexibility index (Phi) is 18.2. The van der Waals surface area contributed by atoms with E-state index in [1.54, 1.807) is 26.8 Å². The lowest BCUT2D eigenvalue weighted by atomic mass is 10.1. The molecule has 0 aliphatic carbocycles. The maximum Gasteiger partial charge on any atom is 0.533 e. The first-order valence-corrected chi connectivity index (χ1v) is 13.2. The Morgan fingerprint density at radius 1 is 0.976 bits per heavy atom. The van der Waals surface area contributed by atoms with E-state index < -0.39 is 18.1 Å². The van der Waals surface area contributed by atoms with E-state index >= 15 is 0 Å². The van der Waals surface area contributed by atoms with E-state index in [9.17, 15) is 31.6 Å². The summed E-state index contributed by atoms with van der Waals surface area (Å²) in [6.07, 6.45) is -9.07. The third-order valence-corrected chi connectivity index (χ3v) is 6.33. The van der Waals surface area contributed by atoms with Crippen LogP contribution in [0.15, 0.2) is 27.7 Å². The number of alkyl halides is 6. The lowest BCUT2D eigenvalue weighted by Crippen LogP contribution is -2.33. The smallest absolute Gasteiger partial charge is 0.360 e. The monoisotopic (exact) mass is 661 g/mol. The van der Waals surface area contributed by atoms with Crippen molar-refractivity contribution >= 4 is 41.0 Å². The molecule has 0 aromatic heterocycles. The van der Waals surface area contributed by atoms with Crippen molar-refractivity contribution in [3.8, 4) is 18.2 Å². The third-order valence-electron chi connectivity index (χ3n) is 4.70. The standard InChI is InChI=1S/C17H22F3N5O3S.C8H5Cl2F3/c1-13(2)15(16(14(10-23)24-3)29-28-17(18,19)20)25(11-26-8-4-6-21)12-27-9-5-7-22;1-4-6(9)2-5(3-7(4)10)8(11,12)13/h13H,4-5,8-9,11-12H2,1-3H3;2-3H,1H3/b16-15-,24-14?;. The fourth-order valence-electron chi connectivity index (χ4n) is 2.84. The molecule has 232 valence electrons. The van der Waals surface area contributed by atoms with E-state index in [0.29, 0.717) is 5.56 Å². The number of nitriles is 3. The number of benzene rings is 1.